The molecule has 3 nitrogen and oxygen atoms in total. The van der Waals surface area contributed by atoms with Gasteiger partial charge in [0.15, 0.2) is 5.78 Å². The van der Waals surface area contributed by atoms with Gasteiger partial charge in [0.05, 0.1) is 21.3 Å². The summed E-state index contributed by atoms with van der Waals surface area (Å²) in [4.78, 5) is 13.6. The van der Waals surface area contributed by atoms with Gasteiger partial charge in [-0.2, -0.15) is 4.36 Å². The summed E-state index contributed by atoms with van der Waals surface area (Å²) in [6.45, 7) is 2.18. The molecule has 2 unspecified atom stereocenters. The molecule has 27 heavy (non-hydrogen) atoms. The molecule has 1 aliphatic rings. The highest BCUT2D eigenvalue weighted by Crippen LogP contribution is 2.42. The number of Topliss-reactive ketones (excluding diaryl/α,β-unsaturated/α-hetero) is 1. The molecule has 0 fully saturated rings. The molecule has 0 amide bonds. The van der Waals surface area contributed by atoms with Gasteiger partial charge in [0, 0.05) is 16.7 Å². The van der Waals surface area contributed by atoms with Crippen molar-refractivity contribution in [1.82, 2.24) is 0 Å². The second kappa shape index (κ2) is 8.66. The predicted molar refractivity (Wildman–Crippen MR) is 112 cm³/mol. The molecule has 0 aromatic heterocycles. The molecule has 2 aromatic carbocycles. The van der Waals surface area contributed by atoms with E-state index in [1.54, 1.807) is 6.26 Å². The number of nitrogens with zero attached hydrogens (tertiary/aromatic N) is 1. The molecule has 0 heterocycles. The van der Waals surface area contributed by atoms with Gasteiger partial charge >= 0.3 is 0 Å². The summed E-state index contributed by atoms with van der Waals surface area (Å²) in [6, 6.07) is 18.9. The van der Waals surface area contributed by atoms with Crippen molar-refractivity contribution < 1.29 is 9.00 Å². The number of ketones is 1. The number of carbonyl (C=O) groups is 1. The molecule has 1 aliphatic carbocycles. The van der Waals surface area contributed by atoms with E-state index in [4.69, 9.17) is 0 Å². The molecule has 0 spiro atoms. The fourth-order valence-electron chi connectivity index (χ4n) is 3.48. The Morgan fingerprint density at radius 3 is 2.19 bits per heavy atom. The lowest BCUT2D eigenvalue weighted by atomic mass is 9.75. The Bertz CT molecular complexity index is 939. The summed E-state index contributed by atoms with van der Waals surface area (Å²) in [5.74, 6) is -0.0822. The van der Waals surface area contributed by atoms with E-state index in [9.17, 15) is 9.00 Å². The van der Waals surface area contributed by atoms with Crippen molar-refractivity contribution >= 4 is 21.1 Å². The monoisotopic (exact) mass is 381 g/mol. The second-order valence-electron chi connectivity index (χ2n) is 7.10. The van der Waals surface area contributed by atoms with Crippen LogP contribution in [0.4, 0.5) is 0 Å². The van der Waals surface area contributed by atoms with E-state index in [1.165, 1.54) is 6.42 Å². The highest BCUT2D eigenvalue weighted by Gasteiger charge is 2.40. The minimum atomic E-state index is -2.59. The zero-order valence-corrected chi connectivity index (χ0v) is 16.9. The first-order valence-electron chi connectivity index (χ1n) is 9.65. The fourth-order valence-corrected chi connectivity index (χ4v) is 4.84. The molecule has 0 saturated heterocycles. The lowest BCUT2D eigenvalue weighted by Gasteiger charge is -2.30. The standard InChI is InChI=1S/C23H27NO2S/c1-3-4-5-12-17-20-22(21(23(20)25)18-13-8-6-9-14-18)24-27(2,26)19-15-10-7-11-16-19/h6-11,13-16,20H,3-5,12,17H2,1-2H3. The average Bonchev–Trinajstić information content (AvgIpc) is 2.69. The van der Waals surface area contributed by atoms with Crippen LogP contribution >= 0.6 is 0 Å². The van der Waals surface area contributed by atoms with E-state index in [1.807, 2.05) is 60.7 Å². The molecule has 2 atom stereocenters. The Morgan fingerprint density at radius 1 is 0.926 bits per heavy atom. The largest absolute Gasteiger partial charge is 0.293 e. The van der Waals surface area contributed by atoms with E-state index in [0.717, 1.165) is 36.9 Å². The van der Waals surface area contributed by atoms with Crippen molar-refractivity contribution in [2.24, 2.45) is 10.3 Å². The van der Waals surface area contributed by atoms with Gasteiger partial charge in [-0.05, 0) is 24.1 Å². The third kappa shape index (κ3) is 4.38. The SMILES string of the molecule is CCCCCCC1C(=O)C(c2ccccc2)=C1N=S(C)(=O)c1ccccc1. The highest BCUT2D eigenvalue weighted by molar-refractivity contribution is 7.93. The maximum Gasteiger partial charge on any atom is 0.174 e. The van der Waals surface area contributed by atoms with Gasteiger partial charge in [-0.15, -0.1) is 0 Å². The quantitative estimate of drug-likeness (QED) is 0.549. The van der Waals surface area contributed by atoms with E-state index >= 15 is 0 Å². The summed E-state index contributed by atoms with van der Waals surface area (Å²) in [6.07, 6.45) is 6.91. The van der Waals surface area contributed by atoms with Gasteiger partial charge in [0.25, 0.3) is 0 Å². The first-order chi connectivity index (χ1) is 13.0. The van der Waals surface area contributed by atoms with Crippen LogP contribution in [0.1, 0.15) is 44.6 Å². The van der Waals surface area contributed by atoms with Crippen molar-refractivity contribution in [3.05, 3.63) is 71.9 Å². The second-order valence-corrected chi connectivity index (χ2v) is 9.36. The number of carbonyl (C=O) groups excluding carboxylic acids is 1. The van der Waals surface area contributed by atoms with Crippen molar-refractivity contribution in [3.8, 4) is 0 Å². The lowest BCUT2D eigenvalue weighted by Crippen LogP contribution is -2.30. The number of allylic oxidation sites excluding steroid dienone is 2. The van der Waals surface area contributed by atoms with Crippen LogP contribution in [-0.2, 0) is 14.5 Å². The van der Waals surface area contributed by atoms with Crippen molar-refractivity contribution in [3.63, 3.8) is 0 Å². The Hall–Kier alpha value is -2.20. The molecule has 0 bridgehead atoms. The number of hydrogen-bond donors (Lipinski definition) is 0. The van der Waals surface area contributed by atoms with Crippen LogP contribution in [0.3, 0.4) is 0 Å². The Morgan fingerprint density at radius 2 is 1.56 bits per heavy atom. The van der Waals surface area contributed by atoms with Gasteiger partial charge in [0.2, 0.25) is 0 Å². The summed E-state index contributed by atoms with van der Waals surface area (Å²) in [5, 5.41) is 0. The smallest absolute Gasteiger partial charge is 0.174 e. The summed E-state index contributed by atoms with van der Waals surface area (Å²) >= 11 is 0. The van der Waals surface area contributed by atoms with Crippen LogP contribution in [0, 0.1) is 5.92 Å². The van der Waals surface area contributed by atoms with Crippen LogP contribution in [0.5, 0.6) is 0 Å². The molecule has 2 aromatic rings. The summed E-state index contributed by atoms with van der Waals surface area (Å²) < 4.78 is 17.9. The fraction of sp³-hybridized carbons (Fsp3) is 0.348. The lowest BCUT2D eigenvalue weighted by molar-refractivity contribution is -0.118. The number of benzene rings is 2. The third-order valence-corrected chi connectivity index (χ3v) is 6.70. The number of hydrogen-bond acceptors (Lipinski definition) is 3. The topological polar surface area (TPSA) is 46.5 Å². The molecule has 0 saturated carbocycles. The third-order valence-electron chi connectivity index (χ3n) is 5.01. The first kappa shape index (κ1) is 19.6. The van der Waals surface area contributed by atoms with Crippen LogP contribution in [0.15, 0.2) is 75.6 Å². The van der Waals surface area contributed by atoms with Crippen LogP contribution < -0.4 is 0 Å². The molecule has 0 N–H and O–H groups in total. The van der Waals surface area contributed by atoms with Gasteiger partial charge in [-0.25, -0.2) is 4.21 Å². The maximum atomic E-state index is 13.3. The van der Waals surface area contributed by atoms with Crippen molar-refractivity contribution in [1.29, 1.82) is 0 Å². The predicted octanol–water partition coefficient (Wildman–Crippen LogP) is 5.72. The average molecular weight is 382 g/mol. The van der Waals surface area contributed by atoms with Gasteiger partial charge in [-0.3, -0.25) is 4.79 Å². The van der Waals surface area contributed by atoms with Crippen molar-refractivity contribution in [2.75, 3.05) is 6.26 Å². The number of unbranched alkanes of at least 4 members (excludes halogenated alkanes) is 3. The molecular formula is C23H27NO2S. The Balaban J connectivity index is 1.99. The molecule has 3 rings (SSSR count). The summed E-state index contributed by atoms with van der Waals surface area (Å²) in [7, 11) is -2.59. The summed E-state index contributed by atoms with van der Waals surface area (Å²) in [5.41, 5.74) is 2.23. The van der Waals surface area contributed by atoms with E-state index in [-0.39, 0.29) is 11.7 Å². The maximum absolute atomic E-state index is 13.3. The van der Waals surface area contributed by atoms with Gasteiger partial charge in [0.1, 0.15) is 0 Å². The van der Waals surface area contributed by atoms with Crippen LogP contribution in [-0.4, -0.2) is 16.2 Å². The molecular weight excluding hydrogens is 354 g/mol. The van der Waals surface area contributed by atoms with Gasteiger partial charge in [-0.1, -0.05) is 81.1 Å². The molecule has 4 heteroatoms. The van der Waals surface area contributed by atoms with E-state index < -0.39 is 9.73 Å². The zero-order chi connectivity index (χ0) is 19.3. The minimum absolute atomic E-state index is 0.139. The Labute approximate surface area is 162 Å². The van der Waals surface area contributed by atoms with E-state index in [2.05, 4.69) is 11.3 Å². The normalized spacial score (nSPS) is 18.7. The Kier molecular flexibility index (Phi) is 6.27. The zero-order valence-electron chi connectivity index (χ0n) is 16.1. The van der Waals surface area contributed by atoms with Gasteiger partial charge < -0.3 is 0 Å². The van der Waals surface area contributed by atoms with Crippen LogP contribution in [0.25, 0.3) is 5.57 Å². The first-order valence-corrected chi connectivity index (χ1v) is 11.6. The molecule has 142 valence electrons. The molecule has 0 radical (unpaired) electrons. The highest BCUT2D eigenvalue weighted by atomic mass is 32.2. The molecule has 0 aliphatic heterocycles. The van der Waals surface area contributed by atoms with Crippen molar-refractivity contribution in [2.45, 2.75) is 43.9 Å². The van der Waals surface area contributed by atoms with Crippen LogP contribution in [0.2, 0.25) is 0 Å². The minimum Gasteiger partial charge on any atom is -0.293 e. The number of rotatable bonds is 8. The van der Waals surface area contributed by atoms with E-state index in [0.29, 0.717) is 10.5 Å².